The third-order valence-corrected chi connectivity index (χ3v) is 5.04. The van der Waals surface area contributed by atoms with Crippen LogP contribution in [0, 0.1) is 0 Å². The van der Waals surface area contributed by atoms with Gasteiger partial charge in [0.1, 0.15) is 5.65 Å². The Bertz CT molecular complexity index is 1300. The number of nitrogens with one attached hydrogen (secondary N) is 1. The minimum atomic E-state index is -0.0338. The van der Waals surface area contributed by atoms with E-state index in [1.807, 2.05) is 83.5 Å². The van der Waals surface area contributed by atoms with Crippen LogP contribution in [0.15, 0.2) is 97.3 Å². The second kappa shape index (κ2) is 7.24. The van der Waals surface area contributed by atoms with E-state index in [2.05, 4.69) is 28.5 Å². The summed E-state index contributed by atoms with van der Waals surface area (Å²) in [6, 6.07) is 27.9. The maximum Gasteiger partial charge on any atom is 0.228 e. The van der Waals surface area contributed by atoms with E-state index >= 15 is 0 Å². The molecular formula is C25H19N3O. The summed E-state index contributed by atoms with van der Waals surface area (Å²) in [5, 5.41) is 5.28. The van der Waals surface area contributed by atoms with Crippen LogP contribution in [0.2, 0.25) is 0 Å². The first-order chi connectivity index (χ1) is 14.3. The highest BCUT2D eigenvalue weighted by atomic mass is 16.1. The lowest BCUT2D eigenvalue weighted by Crippen LogP contribution is -2.14. The lowest BCUT2D eigenvalue weighted by Gasteiger charge is -2.09. The Morgan fingerprint density at radius 1 is 0.897 bits per heavy atom. The monoisotopic (exact) mass is 377 g/mol. The maximum atomic E-state index is 12.7. The van der Waals surface area contributed by atoms with Gasteiger partial charge in [-0.2, -0.15) is 0 Å². The van der Waals surface area contributed by atoms with E-state index in [4.69, 9.17) is 0 Å². The highest BCUT2D eigenvalue weighted by molar-refractivity contribution is 5.96. The van der Waals surface area contributed by atoms with Crippen molar-refractivity contribution in [2.24, 2.45) is 0 Å². The third-order valence-electron chi connectivity index (χ3n) is 5.04. The van der Waals surface area contributed by atoms with Gasteiger partial charge < -0.3 is 9.72 Å². The molecule has 140 valence electrons. The summed E-state index contributed by atoms with van der Waals surface area (Å²) < 4.78 is 1.99. The number of nitrogens with zero attached hydrogens (tertiary/aromatic N) is 2. The van der Waals surface area contributed by atoms with Gasteiger partial charge in [0.15, 0.2) is 0 Å². The third kappa shape index (κ3) is 3.48. The number of fused-ring (bicyclic) bond motifs is 2. The zero-order chi connectivity index (χ0) is 19.6. The van der Waals surface area contributed by atoms with Gasteiger partial charge in [0.2, 0.25) is 5.91 Å². The molecule has 0 saturated heterocycles. The number of aromatic nitrogens is 2. The molecule has 0 saturated carbocycles. The molecule has 0 spiro atoms. The predicted octanol–water partition coefficient (Wildman–Crippen LogP) is 5.34. The maximum absolute atomic E-state index is 12.7. The largest absolute Gasteiger partial charge is 0.326 e. The topological polar surface area (TPSA) is 46.4 Å². The molecule has 0 aliphatic heterocycles. The summed E-state index contributed by atoms with van der Waals surface area (Å²) in [6.07, 6.45) is 4.30. The highest BCUT2D eigenvalue weighted by Gasteiger charge is 2.09. The molecule has 5 aromatic rings. The van der Waals surface area contributed by atoms with Crippen molar-refractivity contribution in [3.63, 3.8) is 0 Å². The molecule has 0 bridgehead atoms. The Balaban J connectivity index is 1.38. The second-order valence-electron chi connectivity index (χ2n) is 7.04. The number of hydrogen-bond acceptors (Lipinski definition) is 2. The summed E-state index contributed by atoms with van der Waals surface area (Å²) in [5.74, 6) is -0.0338. The molecule has 0 aliphatic rings. The zero-order valence-corrected chi connectivity index (χ0v) is 15.7. The Kier molecular flexibility index (Phi) is 4.30. The number of amides is 1. The van der Waals surface area contributed by atoms with Gasteiger partial charge in [0.25, 0.3) is 0 Å². The van der Waals surface area contributed by atoms with Crippen molar-refractivity contribution in [2.75, 3.05) is 5.32 Å². The van der Waals surface area contributed by atoms with E-state index in [-0.39, 0.29) is 5.91 Å². The van der Waals surface area contributed by atoms with Crippen molar-refractivity contribution in [3.05, 3.63) is 103 Å². The van der Waals surface area contributed by atoms with Crippen molar-refractivity contribution in [1.29, 1.82) is 0 Å². The number of hydrogen-bond donors (Lipinski definition) is 1. The minimum Gasteiger partial charge on any atom is -0.326 e. The number of carbonyl (C=O) groups excluding carboxylic acids is 1. The van der Waals surface area contributed by atoms with E-state index in [0.29, 0.717) is 6.42 Å². The summed E-state index contributed by atoms with van der Waals surface area (Å²) >= 11 is 0. The number of anilines is 1. The molecule has 0 radical (unpaired) electrons. The number of benzene rings is 3. The van der Waals surface area contributed by atoms with E-state index < -0.39 is 0 Å². The average Bonchev–Trinajstić information content (AvgIpc) is 3.19. The van der Waals surface area contributed by atoms with Crippen molar-refractivity contribution in [3.8, 4) is 11.3 Å². The van der Waals surface area contributed by atoms with Gasteiger partial charge in [0.05, 0.1) is 12.1 Å². The second-order valence-corrected chi connectivity index (χ2v) is 7.04. The lowest BCUT2D eigenvalue weighted by molar-refractivity contribution is -0.115. The minimum absolute atomic E-state index is 0.0338. The average molecular weight is 377 g/mol. The first-order valence-corrected chi connectivity index (χ1v) is 9.57. The smallest absolute Gasteiger partial charge is 0.228 e. The Morgan fingerprint density at radius 2 is 1.72 bits per heavy atom. The molecule has 0 fully saturated rings. The zero-order valence-electron chi connectivity index (χ0n) is 15.7. The van der Waals surface area contributed by atoms with E-state index in [1.165, 1.54) is 0 Å². The van der Waals surface area contributed by atoms with Gasteiger partial charge >= 0.3 is 0 Å². The molecule has 5 rings (SSSR count). The standard InChI is InChI=1S/C25H19N3O/c29-25(16-19-9-5-8-18-7-1-2-12-22(18)19)26-21-11-6-10-20(15-21)23-17-28-14-4-3-13-24(28)27-23/h1-15,17H,16H2,(H,26,29). The van der Waals surface area contributed by atoms with Crippen LogP contribution in [0.3, 0.4) is 0 Å². The first-order valence-electron chi connectivity index (χ1n) is 9.57. The van der Waals surface area contributed by atoms with Crippen LogP contribution < -0.4 is 5.32 Å². The first kappa shape index (κ1) is 17.2. The Morgan fingerprint density at radius 3 is 2.66 bits per heavy atom. The van der Waals surface area contributed by atoms with Crippen LogP contribution in [0.25, 0.3) is 27.7 Å². The van der Waals surface area contributed by atoms with Gasteiger partial charge in [-0.1, -0.05) is 60.7 Å². The SMILES string of the molecule is O=C(Cc1cccc2ccccc12)Nc1cccc(-c2cn3ccccc3n2)c1. The van der Waals surface area contributed by atoms with Crippen molar-refractivity contribution in [2.45, 2.75) is 6.42 Å². The number of pyridine rings is 1. The molecule has 29 heavy (non-hydrogen) atoms. The van der Waals surface area contributed by atoms with Crippen LogP contribution in [0.5, 0.6) is 0 Å². The van der Waals surface area contributed by atoms with E-state index in [0.717, 1.165) is 38.9 Å². The van der Waals surface area contributed by atoms with Crippen LogP contribution >= 0.6 is 0 Å². The predicted molar refractivity (Wildman–Crippen MR) is 117 cm³/mol. The van der Waals surface area contributed by atoms with Gasteiger partial charge in [0, 0.05) is 23.6 Å². The van der Waals surface area contributed by atoms with Gasteiger partial charge in [-0.15, -0.1) is 0 Å². The lowest BCUT2D eigenvalue weighted by atomic mass is 10.0. The molecular weight excluding hydrogens is 358 g/mol. The quantitative estimate of drug-likeness (QED) is 0.460. The van der Waals surface area contributed by atoms with E-state index in [1.54, 1.807) is 0 Å². The fourth-order valence-corrected chi connectivity index (χ4v) is 3.65. The van der Waals surface area contributed by atoms with Gasteiger partial charge in [-0.05, 0) is 40.6 Å². The molecule has 0 aliphatic carbocycles. The normalized spacial score (nSPS) is 11.0. The molecule has 4 nitrogen and oxygen atoms in total. The fraction of sp³-hybridized carbons (Fsp3) is 0.0400. The molecule has 3 aromatic carbocycles. The highest BCUT2D eigenvalue weighted by Crippen LogP contribution is 2.23. The molecule has 2 heterocycles. The van der Waals surface area contributed by atoms with Gasteiger partial charge in [-0.25, -0.2) is 4.98 Å². The number of rotatable bonds is 4. The van der Waals surface area contributed by atoms with Gasteiger partial charge in [-0.3, -0.25) is 4.79 Å². The molecule has 4 heteroatoms. The molecule has 1 amide bonds. The fourth-order valence-electron chi connectivity index (χ4n) is 3.65. The number of carbonyl (C=O) groups is 1. The summed E-state index contributed by atoms with van der Waals surface area (Å²) in [7, 11) is 0. The van der Waals surface area contributed by atoms with Crippen molar-refractivity contribution in [1.82, 2.24) is 9.38 Å². The molecule has 0 unspecified atom stereocenters. The summed E-state index contributed by atoms with van der Waals surface area (Å²) in [6.45, 7) is 0. The molecule has 2 aromatic heterocycles. The number of imidazole rings is 1. The van der Waals surface area contributed by atoms with E-state index in [9.17, 15) is 4.79 Å². The Hall–Kier alpha value is -3.92. The van der Waals surface area contributed by atoms with Crippen LogP contribution in [-0.2, 0) is 11.2 Å². The van der Waals surface area contributed by atoms with Crippen LogP contribution in [0.4, 0.5) is 5.69 Å². The Labute approximate surface area is 168 Å². The summed E-state index contributed by atoms with van der Waals surface area (Å²) in [4.78, 5) is 17.3. The molecule has 1 N–H and O–H groups in total. The molecule has 0 atom stereocenters. The van der Waals surface area contributed by atoms with Crippen LogP contribution in [-0.4, -0.2) is 15.3 Å². The summed E-state index contributed by atoms with van der Waals surface area (Å²) in [5.41, 5.74) is 4.54. The van der Waals surface area contributed by atoms with Crippen molar-refractivity contribution < 1.29 is 4.79 Å². The van der Waals surface area contributed by atoms with Crippen molar-refractivity contribution >= 4 is 28.0 Å². The van der Waals surface area contributed by atoms with Crippen LogP contribution in [0.1, 0.15) is 5.56 Å².